The Balaban J connectivity index is 1.46. The number of nitrogens with zero attached hydrogens (tertiary/aromatic N) is 4. The number of anilines is 1. The zero-order valence-corrected chi connectivity index (χ0v) is 13.3. The molecule has 124 valence electrons. The first-order valence-corrected chi connectivity index (χ1v) is 8.52. The van der Waals surface area contributed by atoms with Crippen LogP contribution in [0.5, 0.6) is 0 Å². The summed E-state index contributed by atoms with van der Waals surface area (Å²) in [6.07, 6.45) is 5.71. The molecule has 0 unspecified atom stereocenters. The summed E-state index contributed by atoms with van der Waals surface area (Å²) in [6.45, 7) is 4.12. The molecule has 3 aliphatic rings. The lowest BCUT2D eigenvalue weighted by atomic mass is 10.1. The summed E-state index contributed by atoms with van der Waals surface area (Å²) in [5.74, 6) is 0.971. The van der Waals surface area contributed by atoms with Gasteiger partial charge in [-0.15, -0.1) is 0 Å². The van der Waals surface area contributed by atoms with Crippen molar-refractivity contribution in [3.05, 3.63) is 17.6 Å². The maximum absolute atomic E-state index is 12.7. The van der Waals surface area contributed by atoms with E-state index in [0.717, 1.165) is 37.4 Å². The number of nitrogens with one attached hydrogen (secondary N) is 1. The van der Waals surface area contributed by atoms with Gasteiger partial charge in [-0.25, -0.2) is 14.8 Å². The van der Waals surface area contributed by atoms with Crippen LogP contribution in [0.3, 0.4) is 0 Å². The minimum absolute atomic E-state index is 0.130. The predicted octanol–water partition coefficient (Wildman–Crippen LogP) is 0.904. The summed E-state index contributed by atoms with van der Waals surface area (Å²) in [5.41, 5.74) is 2.28. The number of fused-ring (bicyclic) bond motifs is 1. The molecule has 0 spiro atoms. The summed E-state index contributed by atoms with van der Waals surface area (Å²) >= 11 is 0. The van der Waals surface area contributed by atoms with Gasteiger partial charge in [0.1, 0.15) is 12.1 Å². The van der Waals surface area contributed by atoms with E-state index in [1.54, 1.807) is 6.33 Å². The van der Waals surface area contributed by atoms with E-state index in [9.17, 15) is 4.79 Å². The van der Waals surface area contributed by atoms with Gasteiger partial charge in [-0.2, -0.15) is 0 Å². The van der Waals surface area contributed by atoms with E-state index < -0.39 is 0 Å². The summed E-state index contributed by atoms with van der Waals surface area (Å²) in [4.78, 5) is 25.4. The number of ether oxygens (including phenoxy) is 1. The van der Waals surface area contributed by atoms with Crippen molar-refractivity contribution in [1.29, 1.82) is 0 Å². The molecule has 0 radical (unpaired) electrons. The van der Waals surface area contributed by atoms with Crippen molar-refractivity contribution in [2.75, 3.05) is 44.7 Å². The SMILES string of the molecule is O=C(N1CCOCC1)N1CCc2ncnc(NC3CC3)c2CC1. The van der Waals surface area contributed by atoms with Gasteiger partial charge < -0.3 is 19.9 Å². The Kier molecular flexibility index (Phi) is 4.03. The van der Waals surface area contributed by atoms with Crippen LogP contribution in [-0.4, -0.2) is 71.2 Å². The lowest BCUT2D eigenvalue weighted by molar-refractivity contribution is 0.0436. The van der Waals surface area contributed by atoms with E-state index in [4.69, 9.17) is 4.74 Å². The van der Waals surface area contributed by atoms with E-state index >= 15 is 0 Å². The highest BCUT2D eigenvalue weighted by molar-refractivity contribution is 5.74. The highest BCUT2D eigenvalue weighted by Gasteiger charge is 2.28. The molecule has 2 fully saturated rings. The standard InChI is InChI=1S/C16H23N5O2/c22-16(21-7-9-23-10-8-21)20-5-3-13-14(4-6-20)17-11-18-15(13)19-12-1-2-12/h11-12H,1-10H2,(H,17,18,19). The number of carbonyl (C=O) groups excluding carboxylic acids is 1. The first-order valence-electron chi connectivity index (χ1n) is 8.52. The van der Waals surface area contributed by atoms with Crippen molar-refractivity contribution in [3.8, 4) is 0 Å². The van der Waals surface area contributed by atoms with Crippen molar-refractivity contribution in [1.82, 2.24) is 19.8 Å². The third-order valence-corrected chi connectivity index (χ3v) is 4.76. The van der Waals surface area contributed by atoms with Gasteiger partial charge in [0.05, 0.1) is 18.9 Å². The molecular weight excluding hydrogens is 294 g/mol. The van der Waals surface area contributed by atoms with Crippen molar-refractivity contribution >= 4 is 11.8 Å². The fourth-order valence-corrected chi connectivity index (χ4v) is 3.22. The van der Waals surface area contributed by atoms with Crippen molar-refractivity contribution in [2.45, 2.75) is 31.7 Å². The Morgan fingerprint density at radius 1 is 1.09 bits per heavy atom. The molecule has 2 amide bonds. The van der Waals surface area contributed by atoms with Crippen LogP contribution in [0.25, 0.3) is 0 Å². The summed E-state index contributed by atoms with van der Waals surface area (Å²) in [6, 6.07) is 0.703. The molecule has 7 heteroatoms. The lowest BCUT2D eigenvalue weighted by Gasteiger charge is -2.32. The van der Waals surface area contributed by atoms with E-state index in [1.165, 1.54) is 18.4 Å². The van der Waals surface area contributed by atoms with Crippen LogP contribution in [0.1, 0.15) is 24.1 Å². The smallest absolute Gasteiger partial charge is 0.320 e. The molecule has 7 nitrogen and oxygen atoms in total. The maximum atomic E-state index is 12.7. The summed E-state index contributed by atoms with van der Waals surface area (Å²) in [7, 11) is 0. The fourth-order valence-electron chi connectivity index (χ4n) is 3.22. The zero-order chi connectivity index (χ0) is 15.6. The zero-order valence-electron chi connectivity index (χ0n) is 13.3. The molecule has 1 aromatic heterocycles. The number of rotatable bonds is 2. The second kappa shape index (κ2) is 6.31. The molecule has 23 heavy (non-hydrogen) atoms. The number of hydrogen-bond donors (Lipinski definition) is 1. The monoisotopic (exact) mass is 317 g/mol. The van der Waals surface area contributed by atoms with Crippen molar-refractivity contribution < 1.29 is 9.53 Å². The molecule has 2 aliphatic heterocycles. The minimum atomic E-state index is 0.130. The Hall–Kier alpha value is -1.89. The number of morpholine rings is 1. The van der Waals surface area contributed by atoms with Crippen LogP contribution in [0.4, 0.5) is 10.6 Å². The van der Waals surface area contributed by atoms with Crippen LogP contribution in [0.2, 0.25) is 0 Å². The number of urea groups is 1. The highest BCUT2D eigenvalue weighted by atomic mass is 16.5. The van der Waals surface area contributed by atoms with Gasteiger partial charge in [-0.3, -0.25) is 0 Å². The van der Waals surface area contributed by atoms with Gasteiger partial charge in [-0.05, 0) is 19.3 Å². The predicted molar refractivity (Wildman–Crippen MR) is 85.4 cm³/mol. The Labute approximate surface area is 136 Å². The molecule has 4 rings (SSSR count). The van der Waals surface area contributed by atoms with Gasteiger partial charge in [0, 0.05) is 44.2 Å². The van der Waals surface area contributed by atoms with Gasteiger partial charge in [0.25, 0.3) is 0 Å². The van der Waals surface area contributed by atoms with Crippen LogP contribution in [0, 0.1) is 0 Å². The average Bonchev–Trinajstić information content (AvgIpc) is 3.42. The normalized spacial score (nSPS) is 21.6. The second-order valence-corrected chi connectivity index (χ2v) is 6.44. The van der Waals surface area contributed by atoms with Crippen LogP contribution >= 0.6 is 0 Å². The molecule has 0 aromatic carbocycles. The topological polar surface area (TPSA) is 70.6 Å². The molecule has 0 atom stereocenters. The summed E-state index contributed by atoms with van der Waals surface area (Å²) < 4.78 is 5.33. The molecule has 1 saturated heterocycles. The molecule has 1 aromatic rings. The maximum Gasteiger partial charge on any atom is 0.320 e. The Morgan fingerprint density at radius 2 is 1.83 bits per heavy atom. The molecule has 3 heterocycles. The van der Waals surface area contributed by atoms with Gasteiger partial charge in [0.2, 0.25) is 0 Å². The molecule has 1 aliphatic carbocycles. The number of hydrogen-bond acceptors (Lipinski definition) is 5. The van der Waals surface area contributed by atoms with Crippen molar-refractivity contribution in [2.24, 2.45) is 0 Å². The molecular formula is C16H23N5O2. The van der Waals surface area contributed by atoms with Gasteiger partial charge in [0.15, 0.2) is 0 Å². The van der Waals surface area contributed by atoms with Gasteiger partial charge >= 0.3 is 6.03 Å². The fraction of sp³-hybridized carbons (Fsp3) is 0.688. The Bertz CT molecular complexity index is 584. The number of amides is 2. The molecule has 1 saturated carbocycles. The summed E-state index contributed by atoms with van der Waals surface area (Å²) in [5, 5.41) is 3.50. The minimum Gasteiger partial charge on any atom is -0.378 e. The van der Waals surface area contributed by atoms with Gasteiger partial charge in [-0.1, -0.05) is 0 Å². The Morgan fingerprint density at radius 3 is 2.61 bits per heavy atom. The van der Waals surface area contributed by atoms with E-state index in [0.29, 0.717) is 32.3 Å². The first kappa shape index (κ1) is 14.7. The third-order valence-electron chi connectivity index (χ3n) is 4.76. The number of aromatic nitrogens is 2. The van der Waals surface area contributed by atoms with E-state index in [2.05, 4.69) is 15.3 Å². The van der Waals surface area contributed by atoms with E-state index in [-0.39, 0.29) is 6.03 Å². The molecule has 1 N–H and O–H groups in total. The van der Waals surface area contributed by atoms with Crippen LogP contribution in [-0.2, 0) is 17.6 Å². The lowest BCUT2D eigenvalue weighted by Crippen LogP contribution is -2.48. The van der Waals surface area contributed by atoms with Crippen molar-refractivity contribution in [3.63, 3.8) is 0 Å². The largest absolute Gasteiger partial charge is 0.378 e. The highest BCUT2D eigenvalue weighted by Crippen LogP contribution is 2.27. The second-order valence-electron chi connectivity index (χ2n) is 6.44. The van der Waals surface area contributed by atoms with E-state index in [1.807, 2.05) is 9.80 Å². The molecule has 0 bridgehead atoms. The number of carbonyl (C=O) groups is 1. The quantitative estimate of drug-likeness (QED) is 0.878. The third kappa shape index (κ3) is 3.24. The first-order chi connectivity index (χ1) is 11.3. The van der Waals surface area contributed by atoms with Crippen LogP contribution in [0.15, 0.2) is 6.33 Å². The average molecular weight is 317 g/mol. The van der Waals surface area contributed by atoms with Crippen LogP contribution < -0.4 is 5.32 Å².